The van der Waals surface area contributed by atoms with E-state index in [4.69, 9.17) is 4.74 Å². The predicted octanol–water partition coefficient (Wildman–Crippen LogP) is 2.49. The van der Waals surface area contributed by atoms with E-state index in [1.165, 1.54) is 0 Å². The van der Waals surface area contributed by atoms with Crippen molar-refractivity contribution in [1.29, 1.82) is 0 Å². The molecule has 1 aromatic carbocycles. The zero-order chi connectivity index (χ0) is 12.0. The Hall–Kier alpha value is -0.870. The molecular formula is C12H16BrNO2. The van der Waals surface area contributed by atoms with Gasteiger partial charge in [0.1, 0.15) is 6.04 Å². The summed E-state index contributed by atoms with van der Waals surface area (Å²) >= 11 is 3.37. The van der Waals surface area contributed by atoms with Crippen LogP contribution in [0.4, 0.5) is 0 Å². The number of carbonyl (C=O) groups is 1. The molecule has 1 rings (SSSR count). The highest BCUT2D eigenvalue weighted by Gasteiger charge is 2.12. The third-order valence-corrected chi connectivity index (χ3v) is 2.69. The van der Waals surface area contributed by atoms with Crippen LogP contribution >= 0.6 is 15.9 Å². The van der Waals surface area contributed by atoms with E-state index < -0.39 is 0 Å². The minimum absolute atomic E-state index is 0.209. The van der Waals surface area contributed by atoms with Crippen LogP contribution in [-0.4, -0.2) is 18.6 Å². The molecule has 0 aliphatic heterocycles. The van der Waals surface area contributed by atoms with Crippen molar-refractivity contribution in [1.82, 2.24) is 5.32 Å². The van der Waals surface area contributed by atoms with E-state index in [1.807, 2.05) is 24.3 Å². The number of carbonyl (C=O) groups excluding carboxylic acids is 1. The predicted molar refractivity (Wildman–Crippen MR) is 67.1 cm³/mol. The third kappa shape index (κ3) is 4.33. The molecule has 1 N–H and O–H groups in total. The van der Waals surface area contributed by atoms with Gasteiger partial charge in [-0.15, -0.1) is 0 Å². The molecule has 0 fully saturated rings. The van der Waals surface area contributed by atoms with Crippen LogP contribution in [0.3, 0.4) is 0 Å². The molecule has 0 spiro atoms. The maximum Gasteiger partial charge on any atom is 0.322 e. The van der Waals surface area contributed by atoms with Gasteiger partial charge in [-0.2, -0.15) is 0 Å². The summed E-state index contributed by atoms with van der Waals surface area (Å²) in [5.74, 6) is -0.209. The van der Waals surface area contributed by atoms with Gasteiger partial charge in [0.15, 0.2) is 0 Å². The smallest absolute Gasteiger partial charge is 0.322 e. The van der Waals surface area contributed by atoms with Crippen LogP contribution in [-0.2, 0) is 16.1 Å². The summed E-state index contributed by atoms with van der Waals surface area (Å²) < 4.78 is 5.95. The largest absolute Gasteiger partial charge is 0.465 e. The first kappa shape index (κ1) is 13.2. The molecule has 0 amide bonds. The van der Waals surface area contributed by atoms with Gasteiger partial charge in [0, 0.05) is 11.0 Å². The molecular weight excluding hydrogens is 270 g/mol. The second-order valence-electron chi connectivity index (χ2n) is 3.48. The SMILES string of the molecule is CCOC(=O)C(C)NCc1ccc(Br)cc1. The molecule has 88 valence electrons. The van der Waals surface area contributed by atoms with Crippen LogP contribution in [0.5, 0.6) is 0 Å². The number of benzene rings is 1. The van der Waals surface area contributed by atoms with Crippen LogP contribution in [0.1, 0.15) is 19.4 Å². The van der Waals surface area contributed by atoms with Gasteiger partial charge in [-0.25, -0.2) is 0 Å². The molecule has 1 aromatic rings. The Morgan fingerprint density at radius 1 is 1.44 bits per heavy atom. The van der Waals surface area contributed by atoms with Gasteiger partial charge in [-0.3, -0.25) is 4.79 Å². The Labute approximate surface area is 104 Å². The lowest BCUT2D eigenvalue weighted by Gasteiger charge is -2.12. The molecule has 3 nitrogen and oxygen atoms in total. The lowest BCUT2D eigenvalue weighted by atomic mass is 10.2. The van der Waals surface area contributed by atoms with Crippen molar-refractivity contribution in [3.05, 3.63) is 34.3 Å². The van der Waals surface area contributed by atoms with Gasteiger partial charge < -0.3 is 10.1 Å². The fourth-order valence-corrected chi connectivity index (χ4v) is 1.49. The minimum Gasteiger partial charge on any atom is -0.465 e. The van der Waals surface area contributed by atoms with Crippen molar-refractivity contribution in [3.63, 3.8) is 0 Å². The first-order chi connectivity index (χ1) is 7.63. The van der Waals surface area contributed by atoms with Gasteiger partial charge in [-0.1, -0.05) is 28.1 Å². The highest BCUT2D eigenvalue weighted by molar-refractivity contribution is 9.10. The van der Waals surface area contributed by atoms with Gasteiger partial charge in [0.05, 0.1) is 6.61 Å². The summed E-state index contributed by atoms with van der Waals surface area (Å²) in [6, 6.07) is 7.70. The van der Waals surface area contributed by atoms with Crippen molar-refractivity contribution < 1.29 is 9.53 Å². The number of nitrogens with one attached hydrogen (secondary N) is 1. The highest BCUT2D eigenvalue weighted by atomic mass is 79.9. The second-order valence-corrected chi connectivity index (χ2v) is 4.40. The Morgan fingerprint density at radius 2 is 2.06 bits per heavy atom. The monoisotopic (exact) mass is 285 g/mol. The molecule has 1 atom stereocenters. The molecule has 0 saturated carbocycles. The van der Waals surface area contributed by atoms with Crippen molar-refractivity contribution in [2.75, 3.05) is 6.61 Å². The topological polar surface area (TPSA) is 38.3 Å². The molecule has 0 saturated heterocycles. The van der Waals surface area contributed by atoms with Crippen molar-refractivity contribution in [3.8, 4) is 0 Å². The molecule has 1 unspecified atom stereocenters. The van der Waals surface area contributed by atoms with Crippen LogP contribution in [0, 0.1) is 0 Å². The quantitative estimate of drug-likeness (QED) is 0.845. The summed E-state index contributed by atoms with van der Waals surface area (Å²) in [4.78, 5) is 11.3. The van der Waals surface area contributed by atoms with Crippen molar-refractivity contribution in [2.45, 2.75) is 26.4 Å². The Balaban J connectivity index is 2.39. The van der Waals surface area contributed by atoms with Crippen LogP contribution < -0.4 is 5.32 Å². The number of rotatable bonds is 5. The standard InChI is InChI=1S/C12H16BrNO2/c1-3-16-12(15)9(2)14-8-10-4-6-11(13)7-5-10/h4-7,9,14H,3,8H2,1-2H3. The first-order valence-electron chi connectivity index (χ1n) is 5.28. The van der Waals surface area contributed by atoms with E-state index in [0.717, 1.165) is 10.0 Å². The average Bonchev–Trinajstić information content (AvgIpc) is 2.28. The number of hydrogen-bond acceptors (Lipinski definition) is 3. The highest BCUT2D eigenvalue weighted by Crippen LogP contribution is 2.10. The van der Waals surface area contributed by atoms with Crippen LogP contribution in [0.2, 0.25) is 0 Å². The van der Waals surface area contributed by atoms with Gasteiger partial charge in [0.25, 0.3) is 0 Å². The molecule has 4 heteroatoms. The van der Waals surface area contributed by atoms with Gasteiger partial charge in [0.2, 0.25) is 0 Å². The second kappa shape index (κ2) is 6.66. The zero-order valence-corrected chi connectivity index (χ0v) is 11.1. The minimum atomic E-state index is -0.274. The van der Waals surface area contributed by atoms with E-state index in [2.05, 4.69) is 21.2 Å². The molecule has 0 aliphatic carbocycles. The Morgan fingerprint density at radius 3 is 2.62 bits per heavy atom. The fraction of sp³-hybridized carbons (Fsp3) is 0.417. The Bertz CT molecular complexity index is 337. The number of esters is 1. The van der Waals surface area contributed by atoms with Crippen LogP contribution in [0.15, 0.2) is 28.7 Å². The summed E-state index contributed by atoms with van der Waals surface area (Å²) in [7, 11) is 0. The summed E-state index contributed by atoms with van der Waals surface area (Å²) in [6.45, 7) is 4.69. The summed E-state index contributed by atoms with van der Waals surface area (Å²) in [5.41, 5.74) is 1.14. The van der Waals surface area contributed by atoms with E-state index in [-0.39, 0.29) is 12.0 Å². The van der Waals surface area contributed by atoms with E-state index >= 15 is 0 Å². The first-order valence-corrected chi connectivity index (χ1v) is 6.07. The maximum atomic E-state index is 11.3. The molecule has 0 heterocycles. The molecule has 0 radical (unpaired) electrons. The van der Waals surface area contributed by atoms with Gasteiger partial charge in [-0.05, 0) is 31.5 Å². The lowest BCUT2D eigenvalue weighted by molar-refractivity contribution is -0.145. The fourth-order valence-electron chi connectivity index (χ4n) is 1.22. The van der Waals surface area contributed by atoms with E-state index in [0.29, 0.717) is 13.2 Å². The van der Waals surface area contributed by atoms with Crippen molar-refractivity contribution in [2.24, 2.45) is 0 Å². The average molecular weight is 286 g/mol. The zero-order valence-electron chi connectivity index (χ0n) is 9.50. The number of ether oxygens (including phenoxy) is 1. The molecule has 0 bridgehead atoms. The maximum absolute atomic E-state index is 11.3. The van der Waals surface area contributed by atoms with E-state index in [9.17, 15) is 4.79 Å². The summed E-state index contributed by atoms with van der Waals surface area (Å²) in [5, 5.41) is 3.11. The molecule has 16 heavy (non-hydrogen) atoms. The lowest BCUT2D eigenvalue weighted by Crippen LogP contribution is -2.34. The molecule has 0 aliphatic rings. The third-order valence-electron chi connectivity index (χ3n) is 2.17. The number of hydrogen-bond donors (Lipinski definition) is 1. The van der Waals surface area contributed by atoms with Gasteiger partial charge >= 0.3 is 5.97 Å². The normalized spacial score (nSPS) is 12.2. The van der Waals surface area contributed by atoms with E-state index in [1.54, 1.807) is 13.8 Å². The number of halogens is 1. The van der Waals surface area contributed by atoms with Crippen molar-refractivity contribution >= 4 is 21.9 Å². The molecule has 0 aromatic heterocycles. The Kier molecular flexibility index (Phi) is 5.49. The summed E-state index contributed by atoms with van der Waals surface area (Å²) in [6.07, 6.45) is 0. The van der Waals surface area contributed by atoms with Crippen LogP contribution in [0.25, 0.3) is 0 Å².